The minimum atomic E-state index is -3.53. The molecule has 0 aliphatic carbocycles. The van der Waals surface area contributed by atoms with Crippen molar-refractivity contribution in [1.29, 1.82) is 0 Å². The standard InChI is InChI=1S/C15H19N3O6S/c1-24-6-7-25(22,23)17-12-3-2-11-4-5-18(13(11)8-12)10-14(19)16-9-15(20)21/h2-5,8,17H,6-7,9-10H2,1H3,(H,16,19)(H,20,21). The summed E-state index contributed by atoms with van der Waals surface area (Å²) >= 11 is 0. The molecule has 0 spiro atoms. The molecule has 25 heavy (non-hydrogen) atoms. The van der Waals surface area contributed by atoms with Crippen molar-refractivity contribution in [3.05, 3.63) is 30.5 Å². The molecule has 9 nitrogen and oxygen atoms in total. The Morgan fingerprint density at radius 3 is 2.72 bits per heavy atom. The van der Waals surface area contributed by atoms with E-state index >= 15 is 0 Å². The fourth-order valence-corrected chi connectivity index (χ4v) is 3.17. The van der Waals surface area contributed by atoms with Gasteiger partial charge in [-0.3, -0.25) is 14.3 Å². The van der Waals surface area contributed by atoms with E-state index in [4.69, 9.17) is 9.84 Å². The molecule has 0 bridgehead atoms. The highest BCUT2D eigenvalue weighted by atomic mass is 32.2. The quantitative estimate of drug-likeness (QED) is 0.581. The van der Waals surface area contributed by atoms with E-state index < -0.39 is 28.4 Å². The molecule has 136 valence electrons. The van der Waals surface area contributed by atoms with Crippen molar-refractivity contribution in [2.75, 3.05) is 30.7 Å². The Kier molecular flexibility index (Phi) is 5.99. The third-order valence-electron chi connectivity index (χ3n) is 3.35. The van der Waals surface area contributed by atoms with E-state index in [0.717, 1.165) is 5.39 Å². The van der Waals surface area contributed by atoms with Gasteiger partial charge in [-0.25, -0.2) is 8.42 Å². The number of carboxylic acid groups (broad SMARTS) is 1. The fraction of sp³-hybridized carbons (Fsp3) is 0.333. The molecule has 0 unspecified atom stereocenters. The molecule has 0 saturated carbocycles. The SMILES string of the molecule is COCCS(=O)(=O)Nc1ccc2ccn(CC(=O)NCC(=O)O)c2c1. The van der Waals surface area contributed by atoms with Gasteiger partial charge in [0.25, 0.3) is 0 Å². The lowest BCUT2D eigenvalue weighted by Gasteiger charge is -2.09. The Labute approximate surface area is 144 Å². The van der Waals surface area contributed by atoms with Crippen LogP contribution in [0.4, 0.5) is 5.69 Å². The molecule has 0 atom stereocenters. The van der Waals surface area contributed by atoms with Gasteiger partial charge in [0.1, 0.15) is 13.1 Å². The maximum atomic E-state index is 11.9. The molecule has 0 radical (unpaired) electrons. The summed E-state index contributed by atoms with van der Waals surface area (Å²) in [7, 11) is -2.11. The number of aromatic nitrogens is 1. The Bertz CT molecular complexity index is 875. The summed E-state index contributed by atoms with van der Waals surface area (Å²) < 4.78 is 32.7. The minimum Gasteiger partial charge on any atom is -0.480 e. The lowest BCUT2D eigenvalue weighted by molar-refractivity contribution is -0.138. The molecule has 2 aromatic rings. The molecular weight excluding hydrogens is 350 g/mol. The number of amides is 1. The first-order chi connectivity index (χ1) is 11.8. The number of carbonyl (C=O) groups is 2. The first-order valence-electron chi connectivity index (χ1n) is 7.37. The van der Waals surface area contributed by atoms with E-state index in [1.165, 1.54) is 7.11 Å². The van der Waals surface area contributed by atoms with Crippen LogP contribution in [0.25, 0.3) is 10.9 Å². The molecule has 10 heteroatoms. The Morgan fingerprint density at radius 2 is 2.04 bits per heavy atom. The van der Waals surface area contributed by atoms with Gasteiger partial charge >= 0.3 is 5.97 Å². The van der Waals surface area contributed by atoms with Gasteiger partial charge in [-0.05, 0) is 23.6 Å². The van der Waals surface area contributed by atoms with Crippen molar-refractivity contribution in [2.24, 2.45) is 0 Å². The normalized spacial score (nSPS) is 11.4. The van der Waals surface area contributed by atoms with Gasteiger partial charge in [-0.1, -0.05) is 6.07 Å². The zero-order valence-electron chi connectivity index (χ0n) is 13.6. The van der Waals surface area contributed by atoms with E-state index in [1.54, 1.807) is 35.0 Å². The number of nitrogens with one attached hydrogen (secondary N) is 2. The van der Waals surface area contributed by atoms with Gasteiger partial charge in [0.05, 0.1) is 23.6 Å². The van der Waals surface area contributed by atoms with Crippen molar-refractivity contribution < 1.29 is 27.9 Å². The highest BCUT2D eigenvalue weighted by Crippen LogP contribution is 2.21. The van der Waals surface area contributed by atoms with Crippen LogP contribution in [0.1, 0.15) is 0 Å². The van der Waals surface area contributed by atoms with Gasteiger partial charge < -0.3 is 19.7 Å². The van der Waals surface area contributed by atoms with Crippen LogP contribution < -0.4 is 10.0 Å². The Morgan fingerprint density at radius 1 is 1.28 bits per heavy atom. The molecule has 1 aromatic heterocycles. The number of rotatable bonds is 9. The summed E-state index contributed by atoms with van der Waals surface area (Å²) in [6.45, 7) is -0.447. The molecule has 0 saturated heterocycles. The van der Waals surface area contributed by atoms with Crippen LogP contribution in [0.3, 0.4) is 0 Å². The van der Waals surface area contributed by atoms with Crippen LogP contribution in [-0.2, 0) is 30.9 Å². The molecule has 3 N–H and O–H groups in total. The molecule has 0 aliphatic heterocycles. The average Bonchev–Trinajstić information content (AvgIpc) is 2.93. The topological polar surface area (TPSA) is 127 Å². The third-order valence-corrected chi connectivity index (χ3v) is 4.61. The van der Waals surface area contributed by atoms with Crippen molar-refractivity contribution in [2.45, 2.75) is 6.54 Å². The van der Waals surface area contributed by atoms with E-state index in [1.807, 2.05) is 0 Å². The number of carboxylic acids is 1. The van der Waals surface area contributed by atoms with Crippen molar-refractivity contribution >= 4 is 38.5 Å². The maximum Gasteiger partial charge on any atom is 0.322 e. The van der Waals surface area contributed by atoms with Crippen LogP contribution in [0.2, 0.25) is 0 Å². The Hall–Kier alpha value is -2.59. The second-order valence-corrected chi connectivity index (χ2v) is 7.14. The van der Waals surface area contributed by atoms with Crippen LogP contribution in [0, 0.1) is 0 Å². The van der Waals surface area contributed by atoms with Gasteiger partial charge in [-0.2, -0.15) is 0 Å². The zero-order valence-corrected chi connectivity index (χ0v) is 14.4. The molecule has 2 rings (SSSR count). The number of ether oxygens (including phenoxy) is 1. The number of benzene rings is 1. The second kappa shape index (κ2) is 7.99. The number of anilines is 1. The number of nitrogens with zero attached hydrogens (tertiary/aromatic N) is 1. The van der Waals surface area contributed by atoms with Crippen LogP contribution in [-0.4, -0.2) is 56.0 Å². The number of hydrogen-bond donors (Lipinski definition) is 3. The average molecular weight is 369 g/mol. The van der Waals surface area contributed by atoms with Gasteiger partial charge in [0.15, 0.2) is 0 Å². The molecule has 0 fully saturated rings. The van der Waals surface area contributed by atoms with Gasteiger partial charge in [0, 0.05) is 13.3 Å². The van der Waals surface area contributed by atoms with Crippen LogP contribution in [0.15, 0.2) is 30.5 Å². The van der Waals surface area contributed by atoms with Crippen molar-refractivity contribution in [1.82, 2.24) is 9.88 Å². The van der Waals surface area contributed by atoms with Crippen LogP contribution >= 0.6 is 0 Å². The highest BCUT2D eigenvalue weighted by Gasteiger charge is 2.12. The smallest absolute Gasteiger partial charge is 0.322 e. The summed E-state index contributed by atoms with van der Waals surface area (Å²) in [5.41, 5.74) is 1.02. The largest absolute Gasteiger partial charge is 0.480 e. The molecule has 1 amide bonds. The number of methoxy groups -OCH3 is 1. The monoisotopic (exact) mass is 369 g/mol. The van der Waals surface area contributed by atoms with Crippen LogP contribution in [0.5, 0.6) is 0 Å². The number of fused-ring (bicyclic) bond motifs is 1. The molecular formula is C15H19N3O6S. The number of hydrogen-bond acceptors (Lipinski definition) is 5. The predicted molar refractivity (Wildman–Crippen MR) is 91.9 cm³/mol. The Balaban J connectivity index is 2.16. The maximum absolute atomic E-state index is 11.9. The van der Waals surface area contributed by atoms with Crippen molar-refractivity contribution in [3.8, 4) is 0 Å². The van der Waals surface area contributed by atoms with Gasteiger partial charge in [-0.15, -0.1) is 0 Å². The molecule has 0 aliphatic rings. The third kappa shape index (κ3) is 5.47. The van der Waals surface area contributed by atoms with E-state index in [0.29, 0.717) is 11.2 Å². The van der Waals surface area contributed by atoms with E-state index in [2.05, 4.69) is 10.0 Å². The first kappa shape index (κ1) is 18.7. The van der Waals surface area contributed by atoms with Gasteiger partial charge in [0.2, 0.25) is 15.9 Å². The first-order valence-corrected chi connectivity index (χ1v) is 9.03. The minimum absolute atomic E-state index is 0.0728. The lowest BCUT2D eigenvalue weighted by Crippen LogP contribution is -2.31. The summed E-state index contributed by atoms with van der Waals surface area (Å²) in [6.07, 6.45) is 1.67. The number of sulfonamides is 1. The number of carbonyl (C=O) groups excluding carboxylic acids is 1. The zero-order chi connectivity index (χ0) is 18.4. The summed E-state index contributed by atoms with van der Waals surface area (Å²) in [6, 6.07) is 6.75. The molecule has 1 aromatic carbocycles. The second-order valence-electron chi connectivity index (χ2n) is 5.30. The summed E-state index contributed by atoms with van der Waals surface area (Å²) in [4.78, 5) is 22.2. The number of aliphatic carboxylic acids is 1. The highest BCUT2D eigenvalue weighted by molar-refractivity contribution is 7.92. The summed E-state index contributed by atoms with van der Waals surface area (Å²) in [5, 5.41) is 11.7. The summed E-state index contributed by atoms with van der Waals surface area (Å²) in [5.74, 6) is -1.75. The fourth-order valence-electron chi connectivity index (χ4n) is 2.19. The predicted octanol–water partition coefficient (Wildman–Crippen LogP) is 0.230. The van der Waals surface area contributed by atoms with Crippen molar-refractivity contribution in [3.63, 3.8) is 0 Å². The van der Waals surface area contributed by atoms with E-state index in [-0.39, 0.29) is 18.9 Å². The van der Waals surface area contributed by atoms with E-state index in [9.17, 15) is 18.0 Å². The lowest BCUT2D eigenvalue weighted by atomic mass is 10.2. The molecule has 1 heterocycles.